The molecule has 166 valence electrons. The Morgan fingerprint density at radius 3 is 2.91 bits per heavy atom. The summed E-state index contributed by atoms with van der Waals surface area (Å²) in [4.78, 5) is 22.0. The van der Waals surface area contributed by atoms with Crippen molar-refractivity contribution in [1.29, 1.82) is 5.26 Å². The number of hydrogen-bond acceptors (Lipinski definition) is 6. The summed E-state index contributed by atoms with van der Waals surface area (Å²) in [6.07, 6.45) is 4.73. The van der Waals surface area contributed by atoms with Gasteiger partial charge < -0.3 is 19.9 Å². The maximum absolute atomic E-state index is 13.1. The maximum atomic E-state index is 13.1. The van der Waals surface area contributed by atoms with E-state index in [2.05, 4.69) is 40.3 Å². The van der Waals surface area contributed by atoms with E-state index in [4.69, 9.17) is 10.00 Å². The molecule has 2 bridgehead atoms. The molecule has 0 spiro atoms. The van der Waals surface area contributed by atoms with Gasteiger partial charge in [-0.15, -0.1) is 0 Å². The predicted octanol–water partition coefficient (Wildman–Crippen LogP) is 2.66. The van der Waals surface area contributed by atoms with Gasteiger partial charge >= 0.3 is 0 Å². The molecule has 0 saturated carbocycles. The number of likely N-dealkylation sites (tertiary alicyclic amines) is 1. The number of ether oxygens (including phenoxy) is 1. The molecule has 1 N–H and O–H groups in total. The predicted molar refractivity (Wildman–Crippen MR) is 121 cm³/mol. The highest BCUT2D eigenvalue weighted by Gasteiger charge is 2.46. The van der Waals surface area contributed by atoms with Crippen LogP contribution in [-0.2, 0) is 11.2 Å². The van der Waals surface area contributed by atoms with Crippen molar-refractivity contribution in [2.75, 3.05) is 31.6 Å². The van der Waals surface area contributed by atoms with Gasteiger partial charge in [0.25, 0.3) is 0 Å². The van der Waals surface area contributed by atoms with Crippen LogP contribution in [0.2, 0.25) is 0 Å². The van der Waals surface area contributed by atoms with Crippen molar-refractivity contribution >= 4 is 11.7 Å². The van der Waals surface area contributed by atoms with Gasteiger partial charge in [-0.3, -0.25) is 4.79 Å². The molecular formula is C25H29N5O2. The van der Waals surface area contributed by atoms with Crippen molar-refractivity contribution in [2.45, 2.75) is 44.3 Å². The minimum Gasteiger partial charge on any atom is -0.497 e. The van der Waals surface area contributed by atoms with Crippen LogP contribution in [0.25, 0.3) is 0 Å². The number of nitrogens with one attached hydrogen (secondary N) is 1. The van der Waals surface area contributed by atoms with Gasteiger partial charge in [-0.2, -0.15) is 5.26 Å². The van der Waals surface area contributed by atoms with Gasteiger partial charge in [-0.1, -0.05) is 13.0 Å². The Bertz CT molecular complexity index is 1050. The number of aryl methyl sites for hydroxylation is 1. The van der Waals surface area contributed by atoms with Crippen LogP contribution in [0.3, 0.4) is 0 Å². The van der Waals surface area contributed by atoms with Crippen LogP contribution in [0.4, 0.5) is 5.82 Å². The van der Waals surface area contributed by atoms with Crippen molar-refractivity contribution in [2.24, 2.45) is 5.92 Å². The van der Waals surface area contributed by atoms with Crippen molar-refractivity contribution in [3.8, 4) is 11.8 Å². The van der Waals surface area contributed by atoms with Gasteiger partial charge in [0.1, 0.15) is 17.6 Å². The number of aromatic nitrogens is 1. The van der Waals surface area contributed by atoms with Crippen LogP contribution in [0.1, 0.15) is 42.5 Å². The fraction of sp³-hybridized carbons (Fsp3) is 0.480. The average Bonchev–Trinajstić information content (AvgIpc) is 3.32. The fourth-order valence-electron chi connectivity index (χ4n) is 5.64. The number of carbonyl (C=O) groups is 1. The quantitative estimate of drug-likeness (QED) is 0.784. The number of anilines is 1. The minimum atomic E-state index is 0.165. The molecule has 7 heteroatoms. The number of piperazine rings is 1. The molecule has 5 rings (SSSR count). The number of methoxy groups -OCH3 is 1. The molecule has 2 aromatic rings. The summed E-state index contributed by atoms with van der Waals surface area (Å²) in [5.41, 5.74) is 3.16. The summed E-state index contributed by atoms with van der Waals surface area (Å²) in [7, 11) is 1.69. The second-order valence-corrected chi connectivity index (χ2v) is 9.19. The largest absolute Gasteiger partial charge is 0.497 e. The summed E-state index contributed by atoms with van der Waals surface area (Å²) in [6, 6.07) is 12.8. The third-order valence-corrected chi connectivity index (χ3v) is 7.31. The number of amides is 1. The molecule has 2 saturated heterocycles. The lowest BCUT2D eigenvalue weighted by Crippen LogP contribution is -2.57. The number of nitrogens with zero attached hydrogens (tertiary/aromatic N) is 4. The van der Waals surface area contributed by atoms with Gasteiger partial charge in [-0.25, -0.2) is 4.98 Å². The highest BCUT2D eigenvalue weighted by atomic mass is 16.5. The summed E-state index contributed by atoms with van der Waals surface area (Å²) in [5, 5.41) is 12.5. The molecular weight excluding hydrogens is 402 g/mol. The molecule has 1 aromatic carbocycles. The van der Waals surface area contributed by atoms with Crippen molar-refractivity contribution in [1.82, 2.24) is 15.2 Å². The second-order valence-electron chi connectivity index (χ2n) is 9.19. The molecule has 32 heavy (non-hydrogen) atoms. The number of nitriles is 1. The lowest BCUT2D eigenvalue weighted by Gasteiger charge is -2.42. The molecule has 7 nitrogen and oxygen atoms in total. The maximum Gasteiger partial charge on any atom is 0.236 e. The average molecular weight is 432 g/mol. The van der Waals surface area contributed by atoms with Crippen molar-refractivity contribution < 1.29 is 9.53 Å². The Kier molecular flexibility index (Phi) is 5.48. The van der Waals surface area contributed by atoms with Crippen LogP contribution >= 0.6 is 0 Å². The lowest BCUT2D eigenvalue weighted by atomic mass is 10.0. The van der Waals surface area contributed by atoms with Crippen LogP contribution in [0, 0.1) is 17.2 Å². The van der Waals surface area contributed by atoms with Crippen molar-refractivity contribution in [3.63, 3.8) is 0 Å². The Hall–Kier alpha value is -3.11. The Morgan fingerprint density at radius 1 is 1.31 bits per heavy atom. The lowest BCUT2D eigenvalue weighted by molar-refractivity contribution is -0.131. The van der Waals surface area contributed by atoms with E-state index in [1.54, 1.807) is 13.3 Å². The molecule has 0 radical (unpaired) electrons. The number of benzene rings is 1. The number of hydrogen-bond donors (Lipinski definition) is 1. The monoisotopic (exact) mass is 431 g/mol. The molecule has 2 aliphatic heterocycles. The molecule has 1 aliphatic carbocycles. The third-order valence-electron chi connectivity index (χ3n) is 7.31. The number of fused-ring (bicyclic) bond motifs is 3. The van der Waals surface area contributed by atoms with Gasteiger partial charge in [0, 0.05) is 31.4 Å². The molecule has 3 aliphatic rings. The first-order valence-corrected chi connectivity index (χ1v) is 11.4. The van der Waals surface area contributed by atoms with E-state index in [0.29, 0.717) is 18.0 Å². The first kappa shape index (κ1) is 20.8. The van der Waals surface area contributed by atoms with E-state index < -0.39 is 0 Å². The summed E-state index contributed by atoms with van der Waals surface area (Å²) < 4.78 is 5.38. The van der Waals surface area contributed by atoms with Crippen LogP contribution < -0.4 is 15.0 Å². The number of carbonyl (C=O) groups excluding carboxylic acids is 1. The SMILES string of the molecule is COc1ccc2c(c1)C(NCC(=O)N1CC3C[C@H](C)C(C1)N3c1ccc(C#N)cn1)CC2. The van der Waals surface area contributed by atoms with Gasteiger partial charge in [-0.05, 0) is 60.6 Å². The molecule has 1 aromatic heterocycles. The molecule has 3 heterocycles. The first-order valence-electron chi connectivity index (χ1n) is 11.4. The number of pyridine rings is 1. The summed E-state index contributed by atoms with van der Waals surface area (Å²) >= 11 is 0. The normalized spacial score (nSPS) is 26.0. The first-order chi connectivity index (χ1) is 15.6. The van der Waals surface area contributed by atoms with E-state index in [9.17, 15) is 4.79 Å². The van der Waals surface area contributed by atoms with E-state index in [-0.39, 0.29) is 24.0 Å². The zero-order valence-electron chi connectivity index (χ0n) is 18.6. The minimum absolute atomic E-state index is 0.165. The van der Waals surface area contributed by atoms with E-state index >= 15 is 0 Å². The van der Waals surface area contributed by atoms with Crippen LogP contribution in [0.5, 0.6) is 5.75 Å². The Morgan fingerprint density at radius 2 is 2.19 bits per heavy atom. The highest BCUT2D eigenvalue weighted by molar-refractivity contribution is 5.79. The third kappa shape index (κ3) is 3.69. The number of rotatable bonds is 5. The Balaban J connectivity index is 1.23. The summed E-state index contributed by atoms with van der Waals surface area (Å²) in [6.45, 7) is 4.05. The van der Waals surface area contributed by atoms with E-state index in [0.717, 1.165) is 43.9 Å². The van der Waals surface area contributed by atoms with Crippen LogP contribution in [0.15, 0.2) is 36.5 Å². The summed E-state index contributed by atoms with van der Waals surface area (Å²) in [5.74, 6) is 2.43. The molecule has 1 amide bonds. The smallest absolute Gasteiger partial charge is 0.236 e. The van der Waals surface area contributed by atoms with Gasteiger partial charge in [0.2, 0.25) is 5.91 Å². The topological polar surface area (TPSA) is 81.5 Å². The fourth-order valence-corrected chi connectivity index (χ4v) is 5.64. The Labute approximate surface area is 189 Å². The zero-order chi connectivity index (χ0) is 22.2. The van der Waals surface area contributed by atoms with E-state index in [1.807, 2.05) is 23.1 Å². The highest BCUT2D eigenvalue weighted by Crippen LogP contribution is 2.38. The molecule has 3 unspecified atom stereocenters. The second kappa shape index (κ2) is 8.44. The van der Waals surface area contributed by atoms with Crippen molar-refractivity contribution in [3.05, 3.63) is 53.2 Å². The van der Waals surface area contributed by atoms with Gasteiger partial charge in [0.15, 0.2) is 0 Å². The standard InChI is InChI=1S/C25H29N5O2/c1-16-9-19-14-29(15-23(16)30(19)24-8-3-17(11-26)12-28-24)25(31)13-27-22-7-5-18-4-6-20(32-2)10-21(18)22/h3-4,6,8,10,12,16,19,22-23,27H,5,7,9,13-15H2,1-2H3/t16-,19?,22?,23?/m0/s1. The van der Waals surface area contributed by atoms with Gasteiger partial charge in [0.05, 0.1) is 25.3 Å². The zero-order valence-corrected chi connectivity index (χ0v) is 18.6. The van der Waals surface area contributed by atoms with Crippen LogP contribution in [-0.4, -0.2) is 54.6 Å². The van der Waals surface area contributed by atoms with E-state index in [1.165, 1.54) is 11.1 Å². The molecule has 4 atom stereocenters. The molecule has 2 fully saturated rings.